The minimum absolute atomic E-state index is 0.0840. The summed E-state index contributed by atoms with van der Waals surface area (Å²) in [6.45, 7) is 5.63. The summed E-state index contributed by atoms with van der Waals surface area (Å²) in [5, 5.41) is 12.2. The number of ketones is 1. The summed E-state index contributed by atoms with van der Waals surface area (Å²) in [5.41, 5.74) is 2.76. The summed E-state index contributed by atoms with van der Waals surface area (Å²) in [5.74, 6) is 0.0363. The van der Waals surface area contributed by atoms with Crippen molar-refractivity contribution in [3.05, 3.63) is 84.6 Å². The molecule has 0 saturated heterocycles. The fourth-order valence-electron chi connectivity index (χ4n) is 3.00. The number of nitrogens with zero attached hydrogens (tertiary/aromatic N) is 1. The van der Waals surface area contributed by atoms with Gasteiger partial charge in [0.05, 0.1) is 5.69 Å². The Morgan fingerprint density at radius 2 is 1.86 bits per heavy atom. The highest BCUT2D eigenvalue weighted by atomic mass is 16.3. The first-order chi connectivity index (χ1) is 13.3. The molecule has 0 aliphatic carbocycles. The quantitative estimate of drug-likeness (QED) is 0.420. The van der Waals surface area contributed by atoms with Crippen molar-refractivity contribution >= 4 is 16.6 Å². The molecule has 143 valence electrons. The lowest BCUT2D eigenvalue weighted by Crippen LogP contribution is -2.11. The van der Waals surface area contributed by atoms with Crippen LogP contribution in [0.1, 0.15) is 32.8 Å². The summed E-state index contributed by atoms with van der Waals surface area (Å²) >= 11 is 0. The highest BCUT2D eigenvalue weighted by Gasteiger charge is 2.17. The van der Waals surface area contributed by atoms with Crippen molar-refractivity contribution in [2.45, 2.75) is 33.6 Å². The number of allylic oxidation sites excluding steroid dienone is 2. The van der Waals surface area contributed by atoms with Gasteiger partial charge >= 0.3 is 0 Å². The van der Waals surface area contributed by atoms with Gasteiger partial charge in [-0.1, -0.05) is 63.2 Å². The Bertz CT molecular complexity index is 1010. The van der Waals surface area contributed by atoms with E-state index in [1.165, 1.54) is 11.5 Å². The number of hydrogen-bond donors (Lipinski definition) is 1. The zero-order chi connectivity index (χ0) is 20.1. The van der Waals surface area contributed by atoms with E-state index >= 15 is 0 Å². The van der Waals surface area contributed by atoms with Crippen LogP contribution in [0.25, 0.3) is 22.0 Å². The molecule has 28 heavy (non-hydrogen) atoms. The van der Waals surface area contributed by atoms with Crippen molar-refractivity contribution in [2.24, 2.45) is 5.41 Å². The Morgan fingerprint density at radius 1 is 1.07 bits per heavy atom. The van der Waals surface area contributed by atoms with E-state index in [4.69, 9.17) is 0 Å². The summed E-state index contributed by atoms with van der Waals surface area (Å²) in [7, 11) is 0. The number of hydrogen-bond acceptors (Lipinski definition) is 3. The zero-order valence-electron chi connectivity index (χ0n) is 16.6. The van der Waals surface area contributed by atoms with Gasteiger partial charge in [-0.25, -0.2) is 0 Å². The van der Waals surface area contributed by atoms with E-state index in [1.54, 1.807) is 0 Å². The van der Waals surface area contributed by atoms with E-state index < -0.39 is 5.41 Å². The van der Waals surface area contributed by atoms with Crippen LogP contribution in [0.3, 0.4) is 0 Å². The second-order valence-electron chi connectivity index (χ2n) is 8.02. The first-order valence-electron chi connectivity index (χ1n) is 9.53. The van der Waals surface area contributed by atoms with Crippen LogP contribution in [0.2, 0.25) is 0 Å². The van der Waals surface area contributed by atoms with E-state index in [1.807, 2.05) is 57.7 Å². The smallest absolute Gasteiger partial charge is 0.159 e. The van der Waals surface area contributed by atoms with Crippen LogP contribution in [0.5, 0.6) is 0 Å². The maximum absolute atomic E-state index is 12.0. The molecule has 3 nitrogen and oxygen atoms in total. The molecule has 2 aromatic carbocycles. The molecule has 0 saturated carbocycles. The largest absolute Gasteiger partial charge is 0.512 e. The fourth-order valence-corrected chi connectivity index (χ4v) is 3.00. The third-order valence-electron chi connectivity index (χ3n) is 4.67. The van der Waals surface area contributed by atoms with Crippen LogP contribution in [-0.4, -0.2) is 15.9 Å². The van der Waals surface area contributed by atoms with E-state index in [0.717, 1.165) is 22.2 Å². The zero-order valence-corrected chi connectivity index (χ0v) is 16.6. The van der Waals surface area contributed by atoms with Gasteiger partial charge in [0.2, 0.25) is 0 Å². The van der Waals surface area contributed by atoms with Gasteiger partial charge in [0, 0.05) is 35.1 Å². The average molecular weight is 372 g/mol. The predicted octanol–water partition coefficient (Wildman–Crippen LogP) is 6.10. The van der Waals surface area contributed by atoms with Gasteiger partial charge in [0.1, 0.15) is 5.76 Å². The molecular weight excluding hydrogens is 346 g/mol. The number of aromatic nitrogens is 1. The third-order valence-corrected chi connectivity index (χ3v) is 4.67. The molecule has 0 amide bonds. The lowest BCUT2D eigenvalue weighted by Gasteiger charge is -2.16. The maximum atomic E-state index is 12.0. The Balaban J connectivity index is 1.70. The molecule has 0 spiro atoms. The first kappa shape index (κ1) is 19.8. The molecule has 3 rings (SSSR count). The normalized spacial score (nSPS) is 12.3. The highest BCUT2D eigenvalue weighted by molar-refractivity contribution is 5.94. The number of fused-ring (bicyclic) bond motifs is 1. The maximum Gasteiger partial charge on any atom is 0.159 e. The van der Waals surface area contributed by atoms with Crippen LogP contribution in [0.15, 0.2) is 72.6 Å². The Morgan fingerprint density at radius 3 is 2.64 bits per heavy atom. The van der Waals surface area contributed by atoms with Crippen molar-refractivity contribution in [2.75, 3.05) is 0 Å². The van der Waals surface area contributed by atoms with Crippen LogP contribution in [-0.2, 0) is 11.2 Å². The van der Waals surface area contributed by atoms with Crippen molar-refractivity contribution in [3.8, 4) is 11.3 Å². The number of benzene rings is 2. The lowest BCUT2D eigenvalue weighted by atomic mass is 9.92. The molecule has 0 fully saturated rings. The summed E-state index contributed by atoms with van der Waals surface area (Å²) in [6.07, 6.45) is 6.12. The highest BCUT2D eigenvalue weighted by Crippen LogP contribution is 2.27. The van der Waals surface area contributed by atoms with Crippen molar-refractivity contribution in [1.29, 1.82) is 0 Å². The minimum atomic E-state index is -0.407. The van der Waals surface area contributed by atoms with Gasteiger partial charge in [-0.05, 0) is 35.9 Å². The summed E-state index contributed by atoms with van der Waals surface area (Å²) < 4.78 is 0. The number of aliphatic hydroxyl groups is 1. The summed E-state index contributed by atoms with van der Waals surface area (Å²) in [6, 6.07) is 18.5. The number of carbonyl (C=O) groups is 1. The van der Waals surface area contributed by atoms with Gasteiger partial charge < -0.3 is 5.11 Å². The van der Waals surface area contributed by atoms with Crippen molar-refractivity contribution in [3.63, 3.8) is 0 Å². The number of aliphatic hydroxyl groups excluding tert-OH is 1. The monoisotopic (exact) mass is 372 g/mol. The Kier molecular flexibility index (Phi) is 5.93. The predicted molar refractivity (Wildman–Crippen MR) is 115 cm³/mol. The second kappa shape index (κ2) is 8.39. The standard InChI is InChI=1S/C25H26NO2/c1-25(2,3)23(28)17-21(27)12-7-9-18-8-6-11-20(16-18)24-22-13-5-4-10-19(22)14-15-26-24/h4-8,10-11,13-17,28H,9,12H2,1-3H3. The van der Waals surface area contributed by atoms with Crippen LogP contribution in [0, 0.1) is 11.8 Å². The second-order valence-corrected chi connectivity index (χ2v) is 8.02. The van der Waals surface area contributed by atoms with Gasteiger partial charge in [0.25, 0.3) is 0 Å². The van der Waals surface area contributed by atoms with E-state index in [0.29, 0.717) is 12.8 Å². The molecule has 3 aromatic rings. The van der Waals surface area contributed by atoms with Gasteiger partial charge in [-0.15, -0.1) is 0 Å². The topological polar surface area (TPSA) is 50.2 Å². The molecule has 0 atom stereocenters. The van der Waals surface area contributed by atoms with E-state index in [9.17, 15) is 9.90 Å². The van der Waals surface area contributed by atoms with Gasteiger partial charge in [0.15, 0.2) is 5.78 Å². The number of pyridine rings is 1. The Hall–Kier alpha value is -2.94. The fraction of sp³-hybridized carbons (Fsp3) is 0.240. The molecule has 1 N–H and O–H groups in total. The van der Waals surface area contributed by atoms with E-state index in [2.05, 4.69) is 35.3 Å². The third kappa shape index (κ3) is 4.86. The number of rotatable bonds is 6. The molecule has 0 unspecified atom stereocenters. The van der Waals surface area contributed by atoms with Crippen LogP contribution in [0.4, 0.5) is 0 Å². The molecule has 3 heteroatoms. The van der Waals surface area contributed by atoms with Gasteiger partial charge in [-0.3, -0.25) is 9.78 Å². The molecule has 0 bridgehead atoms. The van der Waals surface area contributed by atoms with Gasteiger partial charge in [-0.2, -0.15) is 0 Å². The average Bonchev–Trinajstić information content (AvgIpc) is 2.67. The van der Waals surface area contributed by atoms with Crippen LogP contribution < -0.4 is 0 Å². The first-order valence-corrected chi connectivity index (χ1v) is 9.53. The molecule has 1 radical (unpaired) electrons. The van der Waals surface area contributed by atoms with E-state index in [-0.39, 0.29) is 11.5 Å². The molecule has 0 aliphatic rings. The molecule has 0 aliphatic heterocycles. The number of carbonyl (C=O) groups excluding carboxylic acids is 1. The molecule has 1 heterocycles. The molecular formula is C25H26NO2. The van der Waals surface area contributed by atoms with Crippen molar-refractivity contribution in [1.82, 2.24) is 4.98 Å². The molecule has 1 aromatic heterocycles. The lowest BCUT2D eigenvalue weighted by molar-refractivity contribution is -0.114. The Labute approximate surface area is 166 Å². The summed E-state index contributed by atoms with van der Waals surface area (Å²) in [4.78, 5) is 16.6. The SMILES string of the molecule is CC(C)(C)C(O)=CC(=O)C[CH]Cc1cccc(-c2nccc3ccccc23)c1. The van der Waals surface area contributed by atoms with Crippen LogP contribution >= 0.6 is 0 Å². The minimum Gasteiger partial charge on any atom is -0.512 e. The van der Waals surface area contributed by atoms with Crippen molar-refractivity contribution < 1.29 is 9.90 Å².